The average Bonchev–Trinajstić information content (AvgIpc) is 3.44. The molecule has 0 unspecified atom stereocenters. The van der Waals surface area contributed by atoms with Crippen LogP contribution in [0.4, 0.5) is 4.79 Å². The Morgan fingerprint density at radius 3 is 2.17 bits per heavy atom. The molecule has 0 bridgehead atoms. The van der Waals surface area contributed by atoms with Gasteiger partial charge in [0.15, 0.2) is 11.4 Å². The van der Waals surface area contributed by atoms with Gasteiger partial charge in [0.05, 0.1) is 37.0 Å². The molecule has 11 heteroatoms. The van der Waals surface area contributed by atoms with Gasteiger partial charge < -0.3 is 28.2 Å². The summed E-state index contributed by atoms with van der Waals surface area (Å²) in [4.78, 5) is 18.5. The number of likely N-dealkylation sites (N-methyl/N-ethyl adjacent to an activating group) is 1. The number of hydrogen-bond acceptors (Lipinski definition) is 8. The molecule has 1 saturated carbocycles. The molecule has 10 nitrogen and oxygen atoms in total. The minimum atomic E-state index is -3.92. The maximum atomic E-state index is 12.3. The second-order valence-corrected chi connectivity index (χ2v) is 15.4. The van der Waals surface area contributed by atoms with Crippen molar-refractivity contribution >= 4 is 16.2 Å². The van der Waals surface area contributed by atoms with Crippen molar-refractivity contribution in [3.05, 3.63) is 89.1 Å². The van der Waals surface area contributed by atoms with Crippen molar-refractivity contribution in [1.82, 2.24) is 9.88 Å². The van der Waals surface area contributed by atoms with Crippen molar-refractivity contribution in [3.63, 3.8) is 0 Å². The van der Waals surface area contributed by atoms with Crippen LogP contribution >= 0.6 is 0 Å². The van der Waals surface area contributed by atoms with Gasteiger partial charge in [-0.05, 0) is 50.3 Å². The molecule has 1 fully saturated rings. The summed E-state index contributed by atoms with van der Waals surface area (Å²) in [5.74, 6) is 1.30. The molecular formula is C35H51N3O7S. The smallest absolute Gasteiger partial charge is 0.410 e. The number of carbonyl (C=O) groups excluding carboxylic acids is 1. The van der Waals surface area contributed by atoms with Crippen molar-refractivity contribution in [2.45, 2.75) is 83.6 Å². The molecule has 1 atom stereocenters. The zero-order valence-electron chi connectivity index (χ0n) is 28.4. The van der Waals surface area contributed by atoms with Crippen LogP contribution < -0.4 is 0 Å². The van der Waals surface area contributed by atoms with E-state index < -0.39 is 21.3 Å². The predicted molar refractivity (Wildman–Crippen MR) is 177 cm³/mol. The van der Waals surface area contributed by atoms with Crippen molar-refractivity contribution < 1.29 is 36.5 Å². The van der Waals surface area contributed by atoms with Crippen molar-refractivity contribution in [1.29, 1.82) is 0 Å². The molecule has 254 valence electrons. The summed E-state index contributed by atoms with van der Waals surface area (Å²) in [6, 6.07) is 18.3. The molecule has 3 aromatic rings. The lowest BCUT2D eigenvalue weighted by Gasteiger charge is -2.36. The van der Waals surface area contributed by atoms with Crippen LogP contribution in [0.2, 0.25) is 0 Å². The van der Waals surface area contributed by atoms with Gasteiger partial charge in [-0.3, -0.25) is 0 Å². The SMILES string of the molecule is CN(Cc1ccc(CC[N+](C)(C)Cc2cnc([C@](O)(c3ccccc3)C3CCCCC3)o2)cc1)C(=O)OC(C)(C)C.CS(=O)(=O)[O-]. The molecule has 0 aliphatic heterocycles. The summed E-state index contributed by atoms with van der Waals surface area (Å²) in [6.07, 6.45) is 8.40. The molecule has 0 radical (unpaired) electrons. The number of nitrogens with zero attached hydrogens (tertiary/aromatic N) is 3. The van der Waals surface area contributed by atoms with E-state index in [1.807, 2.05) is 51.1 Å². The van der Waals surface area contributed by atoms with Crippen molar-refractivity contribution in [2.24, 2.45) is 5.92 Å². The monoisotopic (exact) mass is 657 g/mol. The zero-order valence-corrected chi connectivity index (χ0v) is 29.2. The number of amides is 1. The van der Waals surface area contributed by atoms with Crippen molar-refractivity contribution in [2.75, 3.05) is 33.9 Å². The standard InChI is InChI=1S/C34H48N3O4.CH4O3S/c1-33(2,3)41-32(38)36(4)24-27-19-17-26(18-20-27)21-22-37(5,6)25-30-23-35-31(40-30)34(39,28-13-9-7-10-14-28)29-15-11-8-12-16-29;1-5(2,3)4/h7,9-10,13-14,17-20,23,29,39H,8,11-12,15-16,21-22,24-25H2,1-6H3;1H3,(H,2,3,4)/q+1;/p-1/t34-;/m0./s1. The fourth-order valence-corrected chi connectivity index (χ4v) is 5.73. The number of oxazole rings is 1. The third kappa shape index (κ3) is 11.8. The molecule has 1 N–H and O–H groups in total. The van der Waals surface area contributed by atoms with E-state index in [4.69, 9.17) is 22.1 Å². The largest absolute Gasteiger partial charge is 0.748 e. The second kappa shape index (κ2) is 15.6. The highest BCUT2D eigenvalue weighted by Crippen LogP contribution is 2.43. The Balaban J connectivity index is 0.00000107. The lowest BCUT2D eigenvalue weighted by atomic mass is 9.73. The number of carbonyl (C=O) groups is 1. The maximum absolute atomic E-state index is 12.3. The van der Waals surface area contributed by atoms with E-state index in [9.17, 15) is 9.90 Å². The number of ether oxygens (including phenoxy) is 1. The van der Waals surface area contributed by atoms with Crippen LogP contribution in [0.5, 0.6) is 0 Å². The summed E-state index contributed by atoms with van der Waals surface area (Å²) in [7, 11) is 2.22. The Labute approximate surface area is 274 Å². The molecule has 0 saturated heterocycles. The number of hydrogen-bond donors (Lipinski definition) is 1. The first-order valence-corrected chi connectivity index (χ1v) is 17.7. The van der Waals surface area contributed by atoms with Crippen LogP contribution in [0.1, 0.15) is 81.2 Å². The minimum absolute atomic E-state index is 0.0968. The summed E-state index contributed by atoms with van der Waals surface area (Å²) in [5, 5.41) is 12.1. The average molecular weight is 658 g/mol. The third-order valence-corrected chi connectivity index (χ3v) is 8.03. The number of aromatic nitrogens is 1. The van der Waals surface area contributed by atoms with E-state index in [0.717, 1.165) is 60.0 Å². The Morgan fingerprint density at radius 1 is 1.04 bits per heavy atom. The summed E-state index contributed by atoms with van der Waals surface area (Å²) < 4.78 is 39.7. The van der Waals surface area contributed by atoms with E-state index in [-0.39, 0.29) is 12.0 Å². The molecule has 2 aromatic carbocycles. The van der Waals surface area contributed by atoms with Gasteiger partial charge >= 0.3 is 6.09 Å². The van der Waals surface area contributed by atoms with E-state index in [0.29, 0.717) is 25.2 Å². The summed E-state index contributed by atoms with van der Waals surface area (Å²) >= 11 is 0. The van der Waals surface area contributed by atoms with Crippen LogP contribution in [0.25, 0.3) is 0 Å². The fourth-order valence-electron chi connectivity index (χ4n) is 5.73. The highest BCUT2D eigenvalue weighted by atomic mass is 32.2. The van der Waals surface area contributed by atoms with Crippen LogP contribution in [0.15, 0.2) is 65.2 Å². The molecule has 46 heavy (non-hydrogen) atoms. The third-order valence-electron chi connectivity index (χ3n) is 8.03. The van der Waals surface area contributed by atoms with E-state index in [1.165, 1.54) is 12.0 Å². The molecule has 1 heterocycles. The molecule has 0 spiro atoms. The van der Waals surface area contributed by atoms with Gasteiger partial charge in [-0.2, -0.15) is 0 Å². The predicted octanol–water partition coefficient (Wildman–Crippen LogP) is 5.84. The topological polar surface area (TPSA) is 133 Å². The van der Waals surface area contributed by atoms with Gasteiger partial charge in [0.1, 0.15) is 12.1 Å². The lowest BCUT2D eigenvalue weighted by Crippen LogP contribution is -2.40. The van der Waals surface area contributed by atoms with Gasteiger partial charge in [0.2, 0.25) is 5.89 Å². The Hall–Kier alpha value is -3.25. The highest BCUT2D eigenvalue weighted by molar-refractivity contribution is 7.84. The number of aliphatic hydroxyl groups is 1. The van der Waals surface area contributed by atoms with E-state index >= 15 is 0 Å². The lowest BCUT2D eigenvalue weighted by molar-refractivity contribution is -0.904. The number of quaternary nitrogens is 1. The first-order valence-electron chi connectivity index (χ1n) is 15.8. The van der Waals surface area contributed by atoms with Crippen molar-refractivity contribution in [3.8, 4) is 0 Å². The highest BCUT2D eigenvalue weighted by Gasteiger charge is 2.44. The molecular weight excluding hydrogens is 606 g/mol. The van der Waals surface area contributed by atoms with Gasteiger partial charge in [0, 0.05) is 32.2 Å². The molecule has 1 aromatic heterocycles. The first kappa shape index (κ1) is 37.2. The number of rotatable bonds is 10. The quantitative estimate of drug-likeness (QED) is 0.213. The van der Waals surface area contributed by atoms with Crippen LogP contribution in [-0.2, 0) is 40.0 Å². The van der Waals surface area contributed by atoms with Gasteiger partial charge in [-0.25, -0.2) is 18.2 Å². The first-order chi connectivity index (χ1) is 21.4. The van der Waals surface area contributed by atoms with Crippen LogP contribution in [0.3, 0.4) is 0 Å². The molecule has 1 amide bonds. The van der Waals surface area contributed by atoms with Gasteiger partial charge in [-0.1, -0.05) is 73.9 Å². The van der Waals surface area contributed by atoms with E-state index in [2.05, 4.69) is 43.3 Å². The molecule has 1 aliphatic rings. The van der Waals surface area contributed by atoms with Crippen LogP contribution in [0, 0.1) is 5.92 Å². The fraction of sp³-hybridized carbons (Fsp3) is 0.543. The Morgan fingerprint density at radius 2 is 1.61 bits per heavy atom. The van der Waals surface area contributed by atoms with Gasteiger partial charge in [-0.15, -0.1) is 0 Å². The number of benzene rings is 2. The summed E-state index contributed by atoms with van der Waals surface area (Å²) in [6.45, 7) is 7.71. The molecule has 1 aliphatic carbocycles. The minimum Gasteiger partial charge on any atom is -0.748 e. The normalized spacial score (nSPS) is 15.8. The Bertz CT molecular complexity index is 1480. The Kier molecular flexibility index (Phi) is 12.6. The molecule has 4 rings (SSSR count). The van der Waals surface area contributed by atoms with Gasteiger partial charge in [0.25, 0.3) is 0 Å². The second-order valence-electron chi connectivity index (χ2n) is 14.0. The zero-order chi connectivity index (χ0) is 34.2. The maximum Gasteiger partial charge on any atom is 0.410 e. The summed E-state index contributed by atoms with van der Waals surface area (Å²) in [5.41, 5.74) is 1.44. The van der Waals surface area contributed by atoms with Crippen LogP contribution in [-0.4, -0.2) is 78.1 Å². The van der Waals surface area contributed by atoms with E-state index in [1.54, 1.807) is 18.1 Å².